The van der Waals surface area contributed by atoms with E-state index in [0.29, 0.717) is 5.92 Å². The summed E-state index contributed by atoms with van der Waals surface area (Å²) in [7, 11) is 0. The highest BCUT2D eigenvalue weighted by Gasteiger charge is 2.22. The maximum absolute atomic E-state index is 8.21. The first-order chi connectivity index (χ1) is 5.22. The Bertz CT molecular complexity index is 163. The summed E-state index contributed by atoms with van der Waals surface area (Å²) in [5.74, 6) is 0.606. The Kier molecular flexibility index (Phi) is 2.74. The van der Waals surface area contributed by atoms with Crippen molar-refractivity contribution in [1.82, 2.24) is 0 Å². The molecule has 0 spiro atoms. The third-order valence-electron chi connectivity index (χ3n) is 2.17. The van der Waals surface area contributed by atoms with Crippen molar-refractivity contribution < 1.29 is 0 Å². The molecule has 4 heteroatoms. The molecule has 2 N–H and O–H groups in total. The highest BCUT2D eigenvalue weighted by molar-refractivity contribution is 4.83. The van der Waals surface area contributed by atoms with E-state index in [1.807, 2.05) is 0 Å². The first-order valence-electron chi connectivity index (χ1n) is 4.02. The molecule has 1 rings (SSSR count). The van der Waals surface area contributed by atoms with Crippen LogP contribution in [-0.4, -0.2) is 12.1 Å². The van der Waals surface area contributed by atoms with Crippen LogP contribution in [-0.2, 0) is 0 Å². The van der Waals surface area contributed by atoms with Gasteiger partial charge in [0, 0.05) is 17.0 Å². The van der Waals surface area contributed by atoms with E-state index >= 15 is 0 Å². The molecule has 0 saturated heterocycles. The zero-order valence-electron chi connectivity index (χ0n) is 6.77. The number of rotatable bonds is 1. The fraction of sp³-hybridized carbons (Fsp3) is 1.00. The predicted octanol–water partition coefficient (Wildman–Crippen LogP) is 1.81. The molecule has 0 heterocycles. The van der Waals surface area contributed by atoms with E-state index in [4.69, 9.17) is 11.3 Å². The van der Waals surface area contributed by atoms with E-state index < -0.39 is 0 Å². The Labute approximate surface area is 66.4 Å². The van der Waals surface area contributed by atoms with Crippen molar-refractivity contribution in [1.29, 1.82) is 0 Å². The fourth-order valence-corrected chi connectivity index (χ4v) is 1.79. The van der Waals surface area contributed by atoms with Crippen molar-refractivity contribution in [3.8, 4) is 0 Å². The Morgan fingerprint density at radius 1 is 1.45 bits per heavy atom. The number of hydrogen-bond acceptors (Lipinski definition) is 2. The Hall–Kier alpha value is -0.730. The van der Waals surface area contributed by atoms with Gasteiger partial charge in [0.25, 0.3) is 0 Å². The third kappa shape index (κ3) is 2.41. The Balaban J connectivity index is 2.49. The summed E-state index contributed by atoms with van der Waals surface area (Å²) in [4.78, 5) is 2.80. The van der Waals surface area contributed by atoms with Crippen LogP contribution in [0, 0.1) is 5.92 Å². The van der Waals surface area contributed by atoms with E-state index in [1.54, 1.807) is 0 Å². The normalized spacial score (nSPS) is 37.8. The van der Waals surface area contributed by atoms with E-state index in [2.05, 4.69) is 16.9 Å². The maximum Gasteiger partial charge on any atom is 0.0391 e. The van der Waals surface area contributed by atoms with E-state index in [9.17, 15) is 0 Å². The first-order valence-corrected chi connectivity index (χ1v) is 4.02. The largest absolute Gasteiger partial charge is 0.328 e. The molecule has 0 bridgehead atoms. The van der Waals surface area contributed by atoms with Gasteiger partial charge in [-0.3, -0.25) is 0 Å². The first kappa shape index (κ1) is 8.37. The second-order valence-corrected chi connectivity index (χ2v) is 3.43. The van der Waals surface area contributed by atoms with Crippen LogP contribution in [0.15, 0.2) is 5.11 Å². The van der Waals surface area contributed by atoms with Gasteiger partial charge < -0.3 is 5.73 Å². The van der Waals surface area contributed by atoms with Crippen molar-refractivity contribution in [3.63, 3.8) is 0 Å². The zero-order valence-corrected chi connectivity index (χ0v) is 6.77. The monoisotopic (exact) mass is 154 g/mol. The van der Waals surface area contributed by atoms with Crippen LogP contribution >= 0.6 is 0 Å². The molecule has 1 fully saturated rings. The molecule has 3 unspecified atom stereocenters. The number of nitrogens with two attached hydrogens (primary N) is 1. The molecule has 4 nitrogen and oxygen atoms in total. The molecule has 1 aliphatic rings. The molecule has 0 aliphatic heterocycles. The highest BCUT2D eigenvalue weighted by atomic mass is 15.1. The number of hydrogen-bond donors (Lipinski definition) is 1. The van der Waals surface area contributed by atoms with Crippen LogP contribution in [0.2, 0.25) is 0 Å². The van der Waals surface area contributed by atoms with Gasteiger partial charge >= 0.3 is 0 Å². The van der Waals surface area contributed by atoms with Crippen LogP contribution in [0.4, 0.5) is 0 Å². The van der Waals surface area contributed by atoms with Gasteiger partial charge in [-0.05, 0) is 30.7 Å². The summed E-state index contributed by atoms with van der Waals surface area (Å²) in [6, 6.07) is 0.369. The minimum absolute atomic E-state index is 0.138. The summed E-state index contributed by atoms with van der Waals surface area (Å²) in [5, 5.41) is 3.68. The maximum atomic E-state index is 8.21. The number of azide groups is 1. The SMILES string of the molecule is CC1CC(N)CC(N=[N+]=[N-])C1. The van der Waals surface area contributed by atoms with Gasteiger partial charge in [-0.2, -0.15) is 0 Å². The van der Waals surface area contributed by atoms with Crippen LogP contribution < -0.4 is 5.73 Å². The smallest absolute Gasteiger partial charge is 0.0391 e. The van der Waals surface area contributed by atoms with E-state index in [-0.39, 0.29) is 12.1 Å². The van der Waals surface area contributed by atoms with Crippen molar-refractivity contribution in [2.75, 3.05) is 0 Å². The van der Waals surface area contributed by atoms with Gasteiger partial charge in [-0.1, -0.05) is 12.0 Å². The third-order valence-corrected chi connectivity index (χ3v) is 2.17. The molecule has 11 heavy (non-hydrogen) atoms. The topological polar surface area (TPSA) is 74.8 Å². The Morgan fingerprint density at radius 2 is 2.18 bits per heavy atom. The summed E-state index contributed by atoms with van der Waals surface area (Å²) in [6.45, 7) is 2.15. The molecule has 62 valence electrons. The van der Waals surface area contributed by atoms with Crippen molar-refractivity contribution in [2.45, 2.75) is 38.3 Å². The van der Waals surface area contributed by atoms with Crippen molar-refractivity contribution >= 4 is 0 Å². The van der Waals surface area contributed by atoms with Gasteiger partial charge in [-0.15, -0.1) is 0 Å². The van der Waals surface area contributed by atoms with Crippen LogP contribution in [0.1, 0.15) is 26.2 Å². The summed E-state index contributed by atoms with van der Waals surface area (Å²) in [5.41, 5.74) is 14.0. The zero-order chi connectivity index (χ0) is 8.27. The van der Waals surface area contributed by atoms with Gasteiger partial charge in [0.1, 0.15) is 0 Å². The average molecular weight is 154 g/mol. The van der Waals surface area contributed by atoms with Crippen LogP contribution in [0.25, 0.3) is 10.4 Å². The molecular formula is C7H14N4. The molecule has 0 radical (unpaired) electrons. The fourth-order valence-electron chi connectivity index (χ4n) is 1.79. The lowest BCUT2D eigenvalue weighted by Gasteiger charge is -2.28. The molecule has 1 saturated carbocycles. The molecule has 0 aromatic rings. The molecule has 0 aromatic carbocycles. The molecule has 0 amide bonds. The van der Waals surface area contributed by atoms with Gasteiger partial charge in [0.05, 0.1) is 0 Å². The van der Waals surface area contributed by atoms with E-state index in [0.717, 1.165) is 19.3 Å². The highest BCUT2D eigenvalue weighted by Crippen LogP contribution is 2.24. The van der Waals surface area contributed by atoms with Crippen molar-refractivity contribution in [2.24, 2.45) is 16.8 Å². The van der Waals surface area contributed by atoms with E-state index in [1.165, 1.54) is 0 Å². The molecular weight excluding hydrogens is 140 g/mol. The Morgan fingerprint density at radius 3 is 2.73 bits per heavy atom. The molecule has 0 aromatic heterocycles. The predicted molar refractivity (Wildman–Crippen MR) is 43.9 cm³/mol. The van der Waals surface area contributed by atoms with Gasteiger partial charge in [0.15, 0.2) is 0 Å². The van der Waals surface area contributed by atoms with Gasteiger partial charge in [-0.25, -0.2) is 0 Å². The minimum atomic E-state index is 0.138. The lowest BCUT2D eigenvalue weighted by Crippen LogP contribution is -2.33. The molecule has 1 aliphatic carbocycles. The second kappa shape index (κ2) is 3.60. The quantitative estimate of drug-likeness (QED) is 0.349. The summed E-state index contributed by atoms with van der Waals surface area (Å²) < 4.78 is 0. The van der Waals surface area contributed by atoms with Crippen LogP contribution in [0.3, 0.4) is 0 Å². The van der Waals surface area contributed by atoms with Crippen LogP contribution in [0.5, 0.6) is 0 Å². The summed E-state index contributed by atoms with van der Waals surface area (Å²) in [6.07, 6.45) is 2.92. The lowest BCUT2D eigenvalue weighted by atomic mass is 9.84. The second-order valence-electron chi connectivity index (χ2n) is 3.43. The van der Waals surface area contributed by atoms with Crippen molar-refractivity contribution in [3.05, 3.63) is 10.4 Å². The standard InChI is InChI=1S/C7H14N4/c1-5-2-6(8)4-7(3-5)10-11-9/h5-7H,2-4,8H2,1H3. The lowest BCUT2D eigenvalue weighted by molar-refractivity contribution is 0.308. The van der Waals surface area contributed by atoms with Gasteiger partial charge in [0.2, 0.25) is 0 Å². The molecule has 3 atom stereocenters. The average Bonchev–Trinajstić information content (AvgIpc) is 1.85. The summed E-state index contributed by atoms with van der Waals surface area (Å²) >= 11 is 0. The number of nitrogens with zero attached hydrogens (tertiary/aromatic N) is 3. The minimum Gasteiger partial charge on any atom is -0.328 e.